The lowest BCUT2D eigenvalue weighted by atomic mass is 10.0. The highest BCUT2D eigenvalue weighted by molar-refractivity contribution is 5.91. The van der Waals surface area contributed by atoms with Gasteiger partial charge in [0.2, 0.25) is 0 Å². The molecule has 1 aliphatic rings. The van der Waals surface area contributed by atoms with Gasteiger partial charge in [0.05, 0.1) is 11.2 Å². The molecule has 1 N–H and O–H groups in total. The lowest BCUT2D eigenvalue weighted by Gasteiger charge is -2.30. The Morgan fingerprint density at radius 3 is 2.81 bits per heavy atom. The molecular formula is C22H19N5. The van der Waals surface area contributed by atoms with Crippen LogP contribution in [0.5, 0.6) is 0 Å². The van der Waals surface area contributed by atoms with Crippen LogP contribution in [0.2, 0.25) is 0 Å². The molecule has 0 amide bonds. The van der Waals surface area contributed by atoms with E-state index in [9.17, 15) is 0 Å². The summed E-state index contributed by atoms with van der Waals surface area (Å²) in [5.41, 5.74) is 4.48. The van der Waals surface area contributed by atoms with Crippen molar-refractivity contribution in [2.45, 2.75) is 12.8 Å². The van der Waals surface area contributed by atoms with E-state index in [0.29, 0.717) is 0 Å². The molecule has 0 saturated heterocycles. The number of pyridine rings is 1. The molecule has 5 nitrogen and oxygen atoms in total. The Morgan fingerprint density at radius 1 is 0.889 bits per heavy atom. The summed E-state index contributed by atoms with van der Waals surface area (Å²) in [6, 6.07) is 20.7. The summed E-state index contributed by atoms with van der Waals surface area (Å²) in [5.74, 6) is 1.68. The molecule has 0 bridgehead atoms. The van der Waals surface area contributed by atoms with Crippen molar-refractivity contribution in [3.8, 4) is 0 Å². The lowest BCUT2D eigenvalue weighted by molar-refractivity contribution is 0.758. The van der Waals surface area contributed by atoms with Gasteiger partial charge < -0.3 is 10.2 Å². The summed E-state index contributed by atoms with van der Waals surface area (Å²) in [6.07, 6.45) is 5.67. The minimum Gasteiger partial charge on any atom is -0.338 e. The van der Waals surface area contributed by atoms with Crippen LogP contribution >= 0.6 is 0 Å². The second-order valence-electron chi connectivity index (χ2n) is 6.65. The Morgan fingerprint density at radius 2 is 1.81 bits per heavy atom. The maximum Gasteiger partial charge on any atom is 0.138 e. The molecule has 5 heteroatoms. The van der Waals surface area contributed by atoms with Crippen LogP contribution < -0.4 is 10.2 Å². The summed E-state index contributed by atoms with van der Waals surface area (Å²) >= 11 is 0. The van der Waals surface area contributed by atoms with Crippen LogP contribution in [0, 0.1) is 0 Å². The van der Waals surface area contributed by atoms with Crippen molar-refractivity contribution in [1.29, 1.82) is 0 Å². The zero-order valence-electron chi connectivity index (χ0n) is 14.8. The molecule has 2 aromatic carbocycles. The Labute approximate surface area is 157 Å². The second-order valence-corrected chi connectivity index (χ2v) is 6.65. The van der Waals surface area contributed by atoms with E-state index in [4.69, 9.17) is 0 Å². The van der Waals surface area contributed by atoms with Gasteiger partial charge in [0.15, 0.2) is 0 Å². The summed E-state index contributed by atoms with van der Waals surface area (Å²) in [6.45, 7) is 0.962. The smallest absolute Gasteiger partial charge is 0.138 e. The lowest BCUT2D eigenvalue weighted by Crippen LogP contribution is -2.25. The topological polar surface area (TPSA) is 53.9 Å². The van der Waals surface area contributed by atoms with Gasteiger partial charge in [-0.3, -0.25) is 4.98 Å². The third-order valence-electron chi connectivity index (χ3n) is 4.93. The molecule has 0 radical (unpaired) electrons. The molecule has 4 aromatic rings. The molecule has 2 aromatic heterocycles. The Bertz CT molecular complexity index is 1100. The van der Waals surface area contributed by atoms with Crippen LogP contribution in [0.1, 0.15) is 12.0 Å². The molecule has 0 unspecified atom stereocenters. The molecule has 0 saturated carbocycles. The molecule has 0 atom stereocenters. The minimum atomic E-state index is 0.765. The number of benzene rings is 2. The molecule has 0 aliphatic carbocycles. The van der Waals surface area contributed by atoms with Gasteiger partial charge in [-0.15, -0.1) is 0 Å². The quantitative estimate of drug-likeness (QED) is 0.570. The van der Waals surface area contributed by atoms with Gasteiger partial charge in [-0.05, 0) is 36.6 Å². The van der Waals surface area contributed by atoms with Gasteiger partial charge in [0.1, 0.15) is 18.0 Å². The zero-order valence-corrected chi connectivity index (χ0v) is 14.8. The van der Waals surface area contributed by atoms with Crippen LogP contribution in [0.15, 0.2) is 73.2 Å². The van der Waals surface area contributed by atoms with E-state index in [-0.39, 0.29) is 0 Å². The maximum absolute atomic E-state index is 4.53. The number of nitrogens with zero attached hydrogens (tertiary/aromatic N) is 4. The maximum atomic E-state index is 4.53. The minimum absolute atomic E-state index is 0.765. The molecule has 0 fully saturated rings. The number of rotatable bonds is 3. The van der Waals surface area contributed by atoms with E-state index in [0.717, 1.165) is 47.6 Å². The molecule has 5 rings (SSSR count). The summed E-state index contributed by atoms with van der Waals surface area (Å²) in [5, 5.41) is 4.51. The van der Waals surface area contributed by atoms with E-state index in [1.165, 1.54) is 11.3 Å². The van der Waals surface area contributed by atoms with Crippen LogP contribution in [0.25, 0.3) is 10.9 Å². The number of nitrogens with one attached hydrogen (secondary N) is 1. The third kappa shape index (κ3) is 2.97. The van der Waals surface area contributed by atoms with Crippen molar-refractivity contribution in [3.63, 3.8) is 0 Å². The largest absolute Gasteiger partial charge is 0.338 e. The zero-order chi connectivity index (χ0) is 18.1. The van der Waals surface area contributed by atoms with Crippen LogP contribution in [0.4, 0.5) is 23.0 Å². The third-order valence-corrected chi connectivity index (χ3v) is 4.93. The summed E-state index contributed by atoms with van der Waals surface area (Å²) in [4.78, 5) is 15.7. The molecule has 27 heavy (non-hydrogen) atoms. The van der Waals surface area contributed by atoms with E-state index < -0.39 is 0 Å². The Balaban J connectivity index is 1.50. The van der Waals surface area contributed by atoms with E-state index in [1.807, 2.05) is 30.5 Å². The molecular weight excluding hydrogens is 334 g/mol. The first-order valence-corrected chi connectivity index (χ1v) is 9.17. The van der Waals surface area contributed by atoms with Crippen molar-refractivity contribution in [3.05, 3.63) is 78.8 Å². The standard InChI is InChI=1S/C22H19N5/c1-2-11-19-16(6-1)9-5-13-27(19)21-14-20(24-15-25-21)26-18-10-3-7-17-8-4-12-23-22(17)18/h1-4,6-8,10-12,14-15H,5,9,13H2,(H,24,25,26). The number of hydrogen-bond donors (Lipinski definition) is 1. The fourth-order valence-electron chi connectivity index (χ4n) is 3.68. The van der Waals surface area contributed by atoms with Gasteiger partial charge in [0, 0.05) is 29.9 Å². The Kier molecular flexibility index (Phi) is 3.90. The van der Waals surface area contributed by atoms with Gasteiger partial charge in [0.25, 0.3) is 0 Å². The van der Waals surface area contributed by atoms with E-state index >= 15 is 0 Å². The SMILES string of the molecule is c1ccc2c(c1)CCCN2c1cc(Nc2cccc3cccnc23)ncn1. The van der Waals surface area contributed by atoms with Gasteiger partial charge in [-0.1, -0.05) is 36.4 Å². The summed E-state index contributed by atoms with van der Waals surface area (Å²) in [7, 11) is 0. The van der Waals surface area contributed by atoms with Crippen LogP contribution in [0.3, 0.4) is 0 Å². The van der Waals surface area contributed by atoms with Crippen molar-refractivity contribution >= 4 is 33.9 Å². The normalized spacial score (nSPS) is 13.4. The summed E-state index contributed by atoms with van der Waals surface area (Å²) < 4.78 is 0. The van der Waals surface area contributed by atoms with Crippen molar-refractivity contribution < 1.29 is 0 Å². The first-order valence-electron chi connectivity index (χ1n) is 9.17. The highest BCUT2D eigenvalue weighted by atomic mass is 15.2. The van der Waals surface area contributed by atoms with Gasteiger partial charge in [-0.2, -0.15) is 0 Å². The van der Waals surface area contributed by atoms with E-state index in [1.54, 1.807) is 6.33 Å². The number of hydrogen-bond acceptors (Lipinski definition) is 5. The second kappa shape index (κ2) is 6.68. The Hall–Kier alpha value is -3.47. The average molecular weight is 353 g/mol. The molecule has 3 heterocycles. The molecule has 1 aliphatic heterocycles. The monoisotopic (exact) mass is 353 g/mol. The highest BCUT2D eigenvalue weighted by Gasteiger charge is 2.19. The van der Waals surface area contributed by atoms with Crippen molar-refractivity contribution in [2.24, 2.45) is 0 Å². The number of aryl methyl sites for hydroxylation is 1. The number of aromatic nitrogens is 3. The predicted molar refractivity (Wildman–Crippen MR) is 109 cm³/mol. The molecule has 132 valence electrons. The fourth-order valence-corrected chi connectivity index (χ4v) is 3.68. The first kappa shape index (κ1) is 15.8. The fraction of sp³-hybridized carbons (Fsp3) is 0.136. The highest BCUT2D eigenvalue weighted by Crippen LogP contribution is 2.33. The van der Waals surface area contributed by atoms with E-state index in [2.05, 4.69) is 61.6 Å². The van der Waals surface area contributed by atoms with Gasteiger partial charge >= 0.3 is 0 Å². The van der Waals surface area contributed by atoms with Crippen molar-refractivity contribution in [2.75, 3.05) is 16.8 Å². The predicted octanol–water partition coefficient (Wildman–Crippen LogP) is 4.85. The first-order chi connectivity index (χ1) is 13.4. The van der Waals surface area contributed by atoms with Crippen molar-refractivity contribution in [1.82, 2.24) is 15.0 Å². The van der Waals surface area contributed by atoms with Crippen LogP contribution in [-0.2, 0) is 6.42 Å². The number of para-hydroxylation sites is 2. The number of anilines is 4. The van der Waals surface area contributed by atoms with Crippen LogP contribution in [-0.4, -0.2) is 21.5 Å². The van der Waals surface area contributed by atoms with Gasteiger partial charge in [-0.25, -0.2) is 9.97 Å². The number of fused-ring (bicyclic) bond motifs is 2. The average Bonchev–Trinajstić information content (AvgIpc) is 2.74. The molecule has 0 spiro atoms.